The van der Waals surface area contributed by atoms with Crippen LogP contribution < -0.4 is 11.1 Å². The molecule has 3 rings (SSSR count). The lowest BCUT2D eigenvalue weighted by Crippen LogP contribution is -2.17. The highest BCUT2D eigenvalue weighted by molar-refractivity contribution is 6.31. The van der Waals surface area contributed by atoms with Crippen molar-refractivity contribution >= 4 is 29.1 Å². The molecule has 0 atom stereocenters. The number of benzene rings is 2. The Morgan fingerprint density at radius 2 is 1.87 bits per heavy atom. The first-order valence-corrected chi connectivity index (χ1v) is 10.1. The van der Waals surface area contributed by atoms with Crippen LogP contribution >= 0.6 is 11.6 Å². The van der Waals surface area contributed by atoms with Gasteiger partial charge in [-0.15, -0.1) is 0 Å². The van der Waals surface area contributed by atoms with Gasteiger partial charge in [0.2, 0.25) is 0 Å². The van der Waals surface area contributed by atoms with Gasteiger partial charge in [0.05, 0.1) is 5.56 Å². The van der Waals surface area contributed by atoms with E-state index in [1.807, 2.05) is 49.4 Å². The van der Waals surface area contributed by atoms with Gasteiger partial charge < -0.3 is 11.1 Å². The first-order valence-electron chi connectivity index (χ1n) is 9.68. The summed E-state index contributed by atoms with van der Waals surface area (Å²) in [4.78, 5) is 32.4. The Hall–Kier alpha value is -3.25. The van der Waals surface area contributed by atoms with Gasteiger partial charge in [-0.25, -0.2) is 9.97 Å². The number of hydrogen-bond acceptors (Lipinski definition) is 5. The van der Waals surface area contributed by atoms with Crippen LogP contribution in [0.2, 0.25) is 5.02 Å². The van der Waals surface area contributed by atoms with Gasteiger partial charge in [-0.3, -0.25) is 9.59 Å². The Labute approximate surface area is 180 Å². The molecule has 3 aromatic rings. The highest BCUT2D eigenvalue weighted by Gasteiger charge is 2.13. The van der Waals surface area contributed by atoms with Crippen molar-refractivity contribution in [3.05, 3.63) is 87.8 Å². The molecule has 0 aliphatic carbocycles. The largest absolute Gasteiger partial charge is 0.365 e. The molecular formula is C23H23ClN4O2. The number of nitrogens with zero attached hydrogens (tertiary/aromatic N) is 2. The molecule has 0 fully saturated rings. The molecule has 0 radical (unpaired) electrons. The van der Waals surface area contributed by atoms with Crippen LogP contribution in [-0.4, -0.2) is 21.7 Å². The zero-order chi connectivity index (χ0) is 21.5. The van der Waals surface area contributed by atoms with E-state index in [-0.39, 0.29) is 11.3 Å². The second-order valence-electron chi connectivity index (χ2n) is 6.92. The topological polar surface area (TPSA) is 98.0 Å². The number of anilines is 1. The van der Waals surface area contributed by atoms with Crippen molar-refractivity contribution < 1.29 is 9.59 Å². The van der Waals surface area contributed by atoms with E-state index in [4.69, 9.17) is 17.3 Å². The van der Waals surface area contributed by atoms with Crippen molar-refractivity contribution in [1.82, 2.24) is 9.97 Å². The van der Waals surface area contributed by atoms with Crippen molar-refractivity contribution in [2.24, 2.45) is 5.73 Å². The average molecular weight is 423 g/mol. The Bertz CT molecular complexity index is 1050. The lowest BCUT2D eigenvalue weighted by atomic mass is 10.0. The third-order valence-corrected chi connectivity index (χ3v) is 5.03. The van der Waals surface area contributed by atoms with E-state index in [1.165, 1.54) is 6.20 Å². The minimum absolute atomic E-state index is 0.128. The van der Waals surface area contributed by atoms with E-state index < -0.39 is 5.91 Å². The van der Waals surface area contributed by atoms with Gasteiger partial charge in [-0.05, 0) is 22.8 Å². The maximum atomic E-state index is 11.8. The van der Waals surface area contributed by atoms with Gasteiger partial charge in [0.1, 0.15) is 17.4 Å². The van der Waals surface area contributed by atoms with Gasteiger partial charge >= 0.3 is 0 Å². The Morgan fingerprint density at radius 1 is 1.10 bits per heavy atom. The lowest BCUT2D eigenvalue weighted by Gasteiger charge is -2.11. The van der Waals surface area contributed by atoms with E-state index >= 15 is 0 Å². The number of carbonyl (C=O) groups excluding carboxylic acids is 2. The van der Waals surface area contributed by atoms with Crippen LogP contribution in [0, 0.1) is 0 Å². The summed E-state index contributed by atoms with van der Waals surface area (Å²) < 4.78 is 0. The SMILES string of the molecule is CCC(=O)Cc1cc(Cc2ncc(C(N)=O)c(NCc3ccccc3)n2)ccc1Cl. The Kier molecular flexibility index (Phi) is 7.14. The van der Waals surface area contributed by atoms with E-state index in [1.54, 1.807) is 6.07 Å². The summed E-state index contributed by atoms with van der Waals surface area (Å²) in [6, 6.07) is 15.3. The number of primary amides is 1. The number of amides is 1. The smallest absolute Gasteiger partial charge is 0.254 e. The normalized spacial score (nSPS) is 10.6. The fraction of sp³-hybridized carbons (Fsp3) is 0.217. The van der Waals surface area contributed by atoms with Crippen molar-refractivity contribution in [3.63, 3.8) is 0 Å². The second-order valence-corrected chi connectivity index (χ2v) is 7.33. The van der Waals surface area contributed by atoms with Gasteiger partial charge in [0, 0.05) is 37.0 Å². The quantitative estimate of drug-likeness (QED) is 0.544. The highest BCUT2D eigenvalue weighted by Crippen LogP contribution is 2.21. The number of Topliss-reactive ketones (excluding diaryl/α,β-unsaturated/α-hetero) is 1. The maximum absolute atomic E-state index is 11.8. The van der Waals surface area contributed by atoms with Crippen molar-refractivity contribution in [2.45, 2.75) is 32.7 Å². The molecule has 1 heterocycles. The Balaban J connectivity index is 1.82. The second kappa shape index (κ2) is 9.98. The third-order valence-electron chi connectivity index (χ3n) is 4.66. The minimum Gasteiger partial charge on any atom is -0.365 e. The summed E-state index contributed by atoms with van der Waals surface area (Å²) in [6.45, 7) is 2.33. The number of halogens is 1. The molecule has 7 heteroatoms. The molecule has 0 bridgehead atoms. The molecule has 1 amide bonds. The molecule has 2 aromatic carbocycles. The van der Waals surface area contributed by atoms with Crippen LogP contribution in [0.15, 0.2) is 54.7 Å². The summed E-state index contributed by atoms with van der Waals surface area (Å²) in [5.74, 6) is 0.463. The van der Waals surface area contributed by atoms with Gasteiger partial charge in [0.15, 0.2) is 0 Å². The maximum Gasteiger partial charge on any atom is 0.254 e. The molecule has 0 aliphatic rings. The molecular weight excluding hydrogens is 400 g/mol. The third kappa shape index (κ3) is 5.64. The standard InChI is InChI=1S/C23H23ClN4O2/c1-2-18(29)12-17-10-16(8-9-20(17)24)11-21-26-14-19(22(25)30)23(28-21)27-13-15-6-4-3-5-7-15/h3-10,14H,2,11-13H2,1H3,(H2,25,30)(H,26,27,28). The number of aromatic nitrogens is 2. The van der Waals surface area contributed by atoms with Gasteiger partial charge in [-0.1, -0.05) is 61.0 Å². The minimum atomic E-state index is -0.594. The summed E-state index contributed by atoms with van der Waals surface area (Å²) in [7, 11) is 0. The van der Waals surface area contributed by atoms with Gasteiger partial charge in [-0.2, -0.15) is 0 Å². The fourth-order valence-corrected chi connectivity index (χ4v) is 3.18. The predicted molar refractivity (Wildman–Crippen MR) is 118 cm³/mol. The summed E-state index contributed by atoms with van der Waals surface area (Å²) in [5, 5.41) is 3.74. The molecule has 6 nitrogen and oxygen atoms in total. The van der Waals surface area contributed by atoms with Crippen LogP contribution in [0.4, 0.5) is 5.82 Å². The molecule has 154 valence electrons. The number of nitrogens with one attached hydrogen (secondary N) is 1. The predicted octanol–water partition coefficient (Wildman–Crippen LogP) is 3.95. The average Bonchev–Trinajstić information content (AvgIpc) is 2.75. The van der Waals surface area contributed by atoms with Crippen molar-refractivity contribution in [3.8, 4) is 0 Å². The molecule has 0 saturated carbocycles. The van der Waals surface area contributed by atoms with Crippen LogP contribution in [0.1, 0.15) is 46.2 Å². The molecule has 0 unspecified atom stereocenters. The zero-order valence-corrected chi connectivity index (χ0v) is 17.4. The molecule has 0 saturated heterocycles. The number of rotatable bonds is 9. The number of carbonyl (C=O) groups is 2. The van der Waals surface area contributed by atoms with Crippen molar-refractivity contribution in [1.29, 1.82) is 0 Å². The first kappa shape index (κ1) is 21.5. The van der Waals surface area contributed by atoms with Gasteiger partial charge in [0.25, 0.3) is 5.91 Å². The van der Waals surface area contributed by atoms with Crippen LogP contribution in [0.25, 0.3) is 0 Å². The summed E-state index contributed by atoms with van der Waals surface area (Å²) >= 11 is 6.24. The molecule has 3 N–H and O–H groups in total. The monoisotopic (exact) mass is 422 g/mol. The molecule has 1 aromatic heterocycles. The first-order chi connectivity index (χ1) is 14.5. The van der Waals surface area contributed by atoms with Crippen LogP contribution in [-0.2, 0) is 24.2 Å². The van der Waals surface area contributed by atoms with Crippen LogP contribution in [0.3, 0.4) is 0 Å². The van der Waals surface area contributed by atoms with E-state index in [0.29, 0.717) is 42.5 Å². The van der Waals surface area contributed by atoms with Crippen molar-refractivity contribution in [2.75, 3.05) is 5.32 Å². The molecule has 0 spiro atoms. The van der Waals surface area contributed by atoms with Crippen LogP contribution in [0.5, 0.6) is 0 Å². The summed E-state index contributed by atoms with van der Waals surface area (Å²) in [5.41, 5.74) is 8.48. The lowest BCUT2D eigenvalue weighted by molar-refractivity contribution is -0.118. The number of nitrogens with two attached hydrogens (primary N) is 1. The zero-order valence-electron chi connectivity index (χ0n) is 16.7. The molecule has 0 aliphatic heterocycles. The fourth-order valence-electron chi connectivity index (χ4n) is 2.99. The number of ketones is 1. The van der Waals surface area contributed by atoms with E-state index in [2.05, 4.69) is 15.3 Å². The van der Waals surface area contributed by atoms with E-state index in [9.17, 15) is 9.59 Å². The Morgan fingerprint density at radius 3 is 2.57 bits per heavy atom. The highest BCUT2D eigenvalue weighted by atomic mass is 35.5. The molecule has 30 heavy (non-hydrogen) atoms. The number of hydrogen-bond donors (Lipinski definition) is 2. The summed E-state index contributed by atoms with van der Waals surface area (Å²) in [6.07, 6.45) is 2.64. The van der Waals surface area contributed by atoms with E-state index in [0.717, 1.165) is 16.7 Å².